The molecule has 1 aromatic carbocycles. The molecule has 1 amide bonds. The van der Waals surface area contributed by atoms with E-state index in [0.717, 1.165) is 23.0 Å². The van der Waals surface area contributed by atoms with Crippen LogP contribution < -0.4 is 5.32 Å². The van der Waals surface area contributed by atoms with Crippen LogP contribution in [0, 0.1) is 5.92 Å². The third-order valence-electron chi connectivity index (χ3n) is 3.51. The largest absolute Gasteiger partial charge is 0.348 e. The van der Waals surface area contributed by atoms with Gasteiger partial charge in [-0.3, -0.25) is 9.78 Å². The van der Waals surface area contributed by atoms with Gasteiger partial charge in [0.15, 0.2) is 0 Å². The lowest BCUT2D eigenvalue weighted by Crippen LogP contribution is -2.31. The molecule has 2 rings (SSSR count). The number of hydrogen-bond acceptors (Lipinski definition) is 2. The van der Waals surface area contributed by atoms with E-state index in [1.54, 1.807) is 6.92 Å². The van der Waals surface area contributed by atoms with Crippen molar-refractivity contribution in [3.63, 3.8) is 0 Å². The highest BCUT2D eigenvalue weighted by atomic mass is 16.1. The molecule has 0 unspecified atom stereocenters. The van der Waals surface area contributed by atoms with Gasteiger partial charge in [0.1, 0.15) is 0 Å². The molecular weight excluding hydrogens is 236 g/mol. The molecule has 0 bridgehead atoms. The van der Waals surface area contributed by atoms with Gasteiger partial charge in [-0.1, -0.05) is 44.5 Å². The van der Waals surface area contributed by atoms with Gasteiger partial charge in [0.25, 0.3) is 0 Å². The number of carbonyl (C=O) groups is 1. The highest BCUT2D eigenvalue weighted by molar-refractivity contribution is 5.78. The van der Waals surface area contributed by atoms with Crippen molar-refractivity contribution in [1.29, 1.82) is 0 Å². The molecule has 0 radical (unpaired) electrons. The molecule has 0 aliphatic rings. The van der Waals surface area contributed by atoms with E-state index in [2.05, 4.69) is 30.2 Å². The molecule has 100 valence electrons. The molecule has 0 saturated carbocycles. The van der Waals surface area contributed by atoms with Gasteiger partial charge in [0.05, 0.1) is 17.3 Å². The summed E-state index contributed by atoms with van der Waals surface area (Å²) in [6.45, 7) is 5.81. The Morgan fingerprint density at radius 2 is 2.00 bits per heavy atom. The summed E-state index contributed by atoms with van der Waals surface area (Å²) in [7, 11) is 0. The van der Waals surface area contributed by atoms with Crippen molar-refractivity contribution < 1.29 is 4.79 Å². The first kappa shape index (κ1) is 13.5. The Bertz CT molecular complexity index is 580. The summed E-state index contributed by atoms with van der Waals surface area (Å²) in [6.07, 6.45) is 0.999. The van der Waals surface area contributed by atoms with Gasteiger partial charge in [-0.2, -0.15) is 0 Å². The number of nitrogens with one attached hydrogen (secondary N) is 1. The Kier molecular flexibility index (Phi) is 4.15. The third-order valence-corrected chi connectivity index (χ3v) is 3.51. The zero-order chi connectivity index (χ0) is 13.8. The summed E-state index contributed by atoms with van der Waals surface area (Å²) in [6, 6.07) is 12.1. The van der Waals surface area contributed by atoms with Crippen molar-refractivity contribution in [2.45, 2.75) is 33.2 Å². The first-order valence-corrected chi connectivity index (χ1v) is 6.74. The SMILES string of the molecule is CC[C@H](C)[C@H](NC(C)=O)c1ccc2ccccc2n1. The molecule has 3 heteroatoms. The minimum absolute atomic E-state index is 0.0136. The van der Waals surface area contributed by atoms with Crippen LogP contribution in [0.25, 0.3) is 10.9 Å². The molecule has 0 aliphatic heterocycles. The standard InChI is InChI=1S/C16H20N2O/c1-4-11(2)16(17-12(3)19)15-10-9-13-7-5-6-8-14(13)18-15/h5-11,16H,4H2,1-3H3,(H,17,19)/t11-,16-/m0/s1. The van der Waals surface area contributed by atoms with Crippen LogP contribution in [0.4, 0.5) is 0 Å². The molecule has 2 aromatic rings. The van der Waals surface area contributed by atoms with Gasteiger partial charge < -0.3 is 5.32 Å². The van der Waals surface area contributed by atoms with Crippen LogP contribution in [0.3, 0.4) is 0 Å². The summed E-state index contributed by atoms with van der Waals surface area (Å²) in [4.78, 5) is 16.1. The molecule has 0 aliphatic carbocycles. The quantitative estimate of drug-likeness (QED) is 0.910. The fraction of sp³-hybridized carbons (Fsp3) is 0.375. The average molecular weight is 256 g/mol. The van der Waals surface area contributed by atoms with Crippen LogP contribution in [0.5, 0.6) is 0 Å². The van der Waals surface area contributed by atoms with Crippen molar-refractivity contribution >= 4 is 16.8 Å². The third kappa shape index (κ3) is 3.11. The second-order valence-corrected chi connectivity index (χ2v) is 4.99. The number of nitrogens with zero attached hydrogens (tertiary/aromatic N) is 1. The summed E-state index contributed by atoms with van der Waals surface area (Å²) in [5, 5.41) is 4.13. The Labute approximate surface area is 114 Å². The van der Waals surface area contributed by atoms with Crippen LogP contribution in [-0.4, -0.2) is 10.9 Å². The number of carbonyl (C=O) groups excluding carboxylic acids is 1. The lowest BCUT2D eigenvalue weighted by Gasteiger charge is -2.23. The van der Waals surface area contributed by atoms with Crippen molar-refractivity contribution in [1.82, 2.24) is 10.3 Å². The lowest BCUT2D eigenvalue weighted by atomic mass is 9.95. The normalized spacial score (nSPS) is 14.1. The number of fused-ring (bicyclic) bond motifs is 1. The van der Waals surface area contributed by atoms with Crippen LogP contribution in [0.15, 0.2) is 36.4 Å². The van der Waals surface area contributed by atoms with Gasteiger partial charge in [0.2, 0.25) is 5.91 Å². The van der Waals surface area contributed by atoms with Crippen LogP contribution in [0.1, 0.15) is 38.9 Å². The van der Waals surface area contributed by atoms with Crippen molar-refractivity contribution in [2.24, 2.45) is 5.92 Å². The molecule has 1 N–H and O–H groups in total. The fourth-order valence-electron chi connectivity index (χ4n) is 2.22. The highest BCUT2D eigenvalue weighted by Gasteiger charge is 2.20. The second-order valence-electron chi connectivity index (χ2n) is 4.99. The van der Waals surface area contributed by atoms with E-state index in [1.165, 1.54) is 0 Å². The van der Waals surface area contributed by atoms with Crippen LogP contribution in [-0.2, 0) is 4.79 Å². The summed E-state index contributed by atoms with van der Waals surface area (Å²) >= 11 is 0. The number of hydrogen-bond donors (Lipinski definition) is 1. The summed E-state index contributed by atoms with van der Waals surface area (Å²) < 4.78 is 0. The monoisotopic (exact) mass is 256 g/mol. The Morgan fingerprint density at radius 1 is 1.26 bits per heavy atom. The maximum absolute atomic E-state index is 11.4. The molecule has 1 heterocycles. The zero-order valence-electron chi connectivity index (χ0n) is 11.7. The topological polar surface area (TPSA) is 42.0 Å². The maximum Gasteiger partial charge on any atom is 0.217 e. The molecule has 0 spiro atoms. The second kappa shape index (κ2) is 5.83. The summed E-state index contributed by atoms with van der Waals surface area (Å²) in [5.74, 6) is 0.345. The van der Waals surface area contributed by atoms with Gasteiger partial charge in [-0.25, -0.2) is 0 Å². The van der Waals surface area contributed by atoms with E-state index in [-0.39, 0.29) is 11.9 Å². The van der Waals surface area contributed by atoms with Crippen molar-refractivity contribution in [3.8, 4) is 0 Å². The first-order chi connectivity index (χ1) is 9.11. The molecule has 3 nitrogen and oxygen atoms in total. The van der Waals surface area contributed by atoms with Gasteiger partial charge in [-0.05, 0) is 18.1 Å². The van der Waals surface area contributed by atoms with E-state index < -0.39 is 0 Å². The Morgan fingerprint density at radius 3 is 2.68 bits per heavy atom. The van der Waals surface area contributed by atoms with Gasteiger partial charge in [0, 0.05) is 12.3 Å². The fourth-order valence-corrected chi connectivity index (χ4v) is 2.22. The Hall–Kier alpha value is -1.90. The number of benzene rings is 1. The first-order valence-electron chi connectivity index (χ1n) is 6.74. The summed E-state index contributed by atoms with van der Waals surface area (Å²) in [5.41, 5.74) is 1.90. The molecule has 2 atom stereocenters. The molecule has 0 saturated heterocycles. The van der Waals surface area contributed by atoms with E-state index in [0.29, 0.717) is 5.92 Å². The van der Waals surface area contributed by atoms with Crippen LogP contribution >= 0.6 is 0 Å². The smallest absolute Gasteiger partial charge is 0.217 e. The van der Waals surface area contributed by atoms with E-state index in [1.807, 2.05) is 30.3 Å². The number of aromatic nitrogens is 1. The van der Waals surface area contributed by atoms with E-state index in [9.17, 15) is 4.79 Å². The molecule has 1 aromatic heterocycles. The number of rotatable bonds is 4. The number of amides is 1. The molecule has 19 heavy (non-hydrogen) atoms. The van der Waals surface area contributed by atoms with E-state index in [4.69, 9.17) is 0 Å². The zero-order valence-corrected chi connectivity index (χ0v) is 11.7. The molecular formula is C16H20N2O. The molecule has 0 fully saturated rings. The average Bonchev–Trinajstić information content (AvgIpc) is 2.43. The lowest BCUT2D eigenvalue weighted by molar-refractivity contribution is -0.120. The van der Waals surface area contributed by atoms with Crippen LogP contribution in [0.2, 0.25) is 0 Å². The predicted molar refractivity (Wildman–Crippen MR) is 77.8 cm³/mol. The number of pyridine rings is 1. The Balaban J connectivity index is 2.40. The van der Waals surface area contributed by atoms with E-state index >= 15 is 0 Å². The highest BCUT2D eigenvalue weighted by Crippen LogP contribution is 2.24. The minimum atomic E-state index is -0.0212. The van der Waals surface area contributed by atoms with Crippen molar-refractivity contribution in [2.75, 3.05) is 0 Å². The predicted octanol–water partition coefficient (Wildman–Crippen LogP) is 3.46. The maximum atomic E-state index is 11.4. The van der Waals surface area contributed by atoms with Gasteiger partial charge in [-0.15, -0.1) is 0 Å². The minimum Gasteiger partial charge on any atom is -0.348 e. The van der Waals surface area contributed by atoms with Gasteiger partial charge >= 0.3 is 0 Å². The van der Waals surface area contributed by atoms with Crippen molar-refractivity contribution in [3.05, 3.63) is 42.1 Å². The number of para-hydroxylation sites is 1.